The van der Waals surface area contributed by atoms with Crippen LogP contribution < -0.4 is 20.8 Å². The smallest absolute Gasteiger partial charge is 0.171 e. The average molecular weight is 383 g/mol. The van der Waals surface area contributed by atoms with Gasteiger partial charge in [0.25, 0.3) is 0 Å². The minimum atomic E-state index is -2.92. The molecule has 0 N–H and O–H groups in total. The minimum Gasteiger partial charge on any atom is -0.345 e. The van der Waals surface area contributed by atoms with Gasteiger partial charge in [-0.15, -0.1) is 0 Å². The molecule has 0 saturated heterocycles. The van der Waals surface area contributed by atoms with Crippen molar-refractivity contribution in [3.63, 3.8) is 0 Å². The lowest BCUT2D eigenvalue weighted by Crippen LogP contribution is -2.25. The van der Waals surface area contributed by atoms with Crippen LogP contribution in [0.15, 0.2) is 115 Å². The molecule has 0 bridgehead atoms. The molecule has 4 rings (SSSR count). The van der Waals surface area contributed by atoms with Crippen LogP contribution >= 0.6 is 7.14 Å². The molecule has 4 aromatic carbocycles. The van der Waals surface area contributed by atoms with Crippen LogP contribution in [0.5, 0.6) is 0 Å². The van der Waals surface area contributed by atoms with Crippen molar-refractivity contribution in [3.05, 3.63) is 115 Å². The third kappa shape index (κ3) is 3.40. The van der Waals surface area contributed by atoms with E-state index in [-0.39, 0.29) is 0 Å². The monoisotopic (exact) mass is 383 g/mol. The number of hydrogen-bond donors (Lipinski definition) is 0. The van der Waals surface area contributed by atoms with E-state index in [1.54, 1.807) is 0 Å². The second-order valence-electron chi connectivity index (χ2n) is 6.69. The summed E-state index contributed by atoms with van der Waals surface area (Å²) < 4.78 is 14.4. The highest BCUT2D eigenvalue weighted by molar-refractivity contribution is 7.85. The Morgan fingerprint density at radius 1 is 0.500 bits per heavy atom. The summed E-state index contributed by atoms with van der Waals surface area (Å²) in [6.45, 7) is 0. The second-order valence-corrected chi connectivity index (χ2v) is 9.46. The molecule has 138 valence electrons. The van der Waals surface area contributed by atoms with Gasteiger partial charge in [-0.1, -0.05) is 78.9 Å². The number of hydrogen-bond acceptors (Lipinski definition) is 2. The molecule has 0 radical (unpaired) electrons. The third-order valence-corrected chi connectivity index (χ3v) is 8.06. The van der Waals surface area contributed by atoms with Gasteiger partial charge in [0.15, 0.2) is 7.14 Å². The number of benzene rings is 4. The first-order valence-corrected chi connectivity index (χ1v) is 11.0. The van der Waals surface area contributed by atoms with Gasteiger partial charge in [-0.2, -0.15) is 0 Å². The highest BCUT2D eigenvalue weighted by atomic mass is 31.2. The van der Waals surface area contributed by atoms with Crippen LogP contribution in [0.2, 0.25) is 0 Å². The first-order valence-electron chi connectivity index (χ1n) is 9.30. The molecular formula is C25H22NOP. The Labute approximate surface area is 166 Å². The maximum absolute atomic E-state index is 14.4. The molecule has 4 aromatic rings. The average Bonchev–Trinajstić information content (AvgIpc) is 2.80. The number of anilines is 2. The molecule has 3 heteroatoms. The van der Waals surface area contributed by atoms with Gasteiger partial charge in [0.2, 0.25) is 0 Å². The maximum Gasteiger partial charge on any atom is 0.171 e. The standard InChI is InChI=1S/C25H22NOP/c1-26(21-11-5-2-6-12-21)22-17-19-25(20-18-22)28(27,23-13-7-3-8-14-23)24-15-9-4-10-16-24/h2-20H,1H3. The lowest BCUT2D eigenvalue weighted by Gasteiger charge is -2.23. The van der Waals surface area contributed by atoms with Crippen molar-refractivity contribution < 1.29 is 4.57 Å². The van der Waals surface area contributed by atoms with Crippen molar-refractivity contribution in [2.75, 3.05) is 11.9 Å². The van der Waals surface area contributed by atoms with Gasteiger partial charge in [0.1, 0.15) is 0 Å². The fourth-order valence-electron chi connectivity index (χ4n) is 3.41. The summed E-state index contributed by atoms with van der Waals surface area (Å²) >= 11 is 0. The lowest BCUT2D eigenvalue weighted by molar-refractivity contribution is 0.592. The highest BCUT2D eigenvalue weighted by Gasteiger charge is 2.29. The Hall–Kier alpha value is -3.09. The van der Waals surface area contributed by atoms with Crippen molar-refractivity contribution in [3.8, 4) is 0 Å². The molecule has 0 aliphatic rings. The number of rotatable bonds is 5. The molecule has 0 aromatic heterocycles. The molecule has 0 unspecified atom stereocenters. The van der Waals surface area contributed by atoms with Gasteiger partial charge in [-0.05, 0) is 36.4 Å². The molecule has 0 fully saturated rings. The first-order chi connectivity index (χ1) is 13.7. The molecule has 0 atom stereocenters. The van der Waals surface area contributed by atoms with E-state index in [1.165, 1.54) is 0 Å². The summed E-state index contributed by atoms with van der Waals surface area (Å²) in [5.41, 5.74) is 2.17. The molecule has 28 heavy (non-hydrogen) atoms. The zero-order valence-corrected chi connectivity index (χ0v) is 16.7. The van der Waals surface area contributed by atoms with Crippen LogP contribution in [0.3, 0.4) is 0 Å². The summed E-state index contributed by atoms with van der Waals surface area (Å²) in [6, 6.07) is 37.8. The zero-order valence-electron chi connectivity index (χ0n) is 15.8. The predicted octanol–water partition coefficient (Wildman–Crippen LogP) is 5.09. The Morgan fingerprint density at radius 3 is 1.32 bits per heavy atom. The van der Waals surface area contributed by atoms with Crippen LogP contribution in [0.25, 0.3) is 0 Å². The van der Waals surface area contributed by atoms with Gasteiger partial charge in [0, 0.05) is 34.3 Å². The fraction of sp³-hybridized carbons (Fsp3) is 0.0400. The Bertz CT molecular complexity index is 1030. The topological polar surface area (TPSA) is 20.3 Å². The van der Waals surface area contributed by atoms with E-state index in [9.17, 15) is 4.57 Å². The molecule has 0 amide bonds. The molecule has 0 aliphatic heterocycles. The maximum atomic E-state index is 14.4. The summed E-state index contributed by atoms with van der Waals surface area (Å²) in [4.78, 5) is 2.12. The van der Waals surface area contributed by atoms with Crippen molar-refractivity contribution in [2.45, 2.75) is 0 Å². The fourth-order valence-corrected chi connectivity index (χ4v) is 6.06. The summed E-state index contributed by atoms with van der Waals surface area (Å²) in [6.07, 6.45) is 0. The van der Waals surface area contributed by atoms with Gasteiger partial charge < -0.3 is 9.46 Å². The Balaban J connectivity index is 1.77. The lowest BCUT2D eigenvalue weighted by atomic mass is 10.2. The van der Waals surface area contributed by atoms with Crippen LogP contribution in [0.1, 0.15) is 0 Å². The molecule has 0 saturated carbocycles. The molecule has 0 aliphatic carbocycles. The van der Waals surface area contributed by atoms with E-state index >= 15 is 0 Å². The normalized spacial score (nSPS) is 11.2. The van der Waals surface area contributed by atoms with E-state index in [4.69, 9.17) is 0 Å². The Kier molecular flexibility index (Phi) is 5.14. The second kappa shape index (κ2) is 7.88. The van der Waals surface area contributed by atoms with Crippen LogP contribution in [0, 0.1) is 0 Å². The summed E-state index contributed by atoms with van der Waals surface area (Å²) in [5, 5.41) is 2.55. The predicted molar refractivity (Wildman–Crippen MR) is 120 cm³/mol. The number of para-hydroxylation sites is 1. The van der Waals surface area contributed by atoms with Gasteiger partial charge in [-0.3, -0.25) is 0 Å². The van der Waals surface area contributed by atoms with E-state index in [1.807, 2.05) is 110 Å². The van der Waals surface area contributed by atoms with Crippen LogP contribution in [-0.4, -0.2) is 7.05 Å². The quantitative estimate of drug-likeness (QED) is 0.447. The SMILES string of the molecule is CN(c1ccccc1)c1ccc(P(=O)(c2ccccc2)c2ccccc2)cc1. The van der Waals surface area contributed by atoms with Gasteiger partial charge in [-0.25, -0.2) is 0 Å². The van der Waals surface area contributed by atoms with Crippen molar-refractivity contribution in [1.29, 1.82) is 0 Å². The van der Waals surface area contributed by atoms with Gasteiger partial charge >= 0.3 is 0 Å². The van der Waals surface area contributed by atoms with E-state index < -0.39 is 7.14 Å². The number of nitrogens with zero attached hydrogens (tertiary/aromatic N) is 1. The van der Waals surface area contributed by atoms with Crippen LogP contribution in [-0.2, 0) is 4.57 Å². The minimum absolute atomic E-state index is 0.843. The molecule has 0 heterocycles. The molecule has 2 nitrogen and oxygen atoms in total. The summed E-state index contributed by atoms with van der Waals surface area (Å²) in [7, 11) is -0.877. The first kappa shape index (κ1) is 18.3. The molecule has 0 spiro atoms. The van der Waals surface area contributed by atoms with Crippen molar-refractivity contribution >= 4 is 34.4 Å². The molecular weight excluding hydrogens is 361 g/mol. The largest absolute Gasteiger partial charge is 0.345 e. The highest BCUT2D eigenvalue weighted by Crippen LogP contribution is 2.42. The summed E-state index contributed by atoms with van der Waals surface area (Å²) in [5.74, 6) is 0. The van der Waals surface area contributed by atoms with Crippen molar-refractivity contribution in [1.82, 2.24) is 0 Å². The zero-order chi connectivity index (χ0) is 19.4. The third-order valence-electron chi connectivity index (χ3n) is 4.98. The van der Waals surface area contributed by atoms with Crippen LogP contribution in [0.4, 0.5) is 11.4 Å². The van der Waals surface area contributed by atoms with E-state index in [0.717, 1.165) is 27.3 Å². The van der Waals surface area contributed by atoms with Crippen molar-refractivity contribution in [2.24, 2.45) is 0 Å². The van der Waals surface area contributed by atoms with Gasteiger partial charge in [0.05, 0.1) is 0 Å². The van der Waals surface area contributed by atoms with E-state index in [0.29, 0.717) is 0 Å². The Morgan fingerprint density at radius 2 is 0.857 bits per heavy atom. The van der Waals surface area contributed by atoms with E-state index in [2.05, 4.69) is 17.0 Å².